The maximum atomic E-state index is 5.76. The highest BCUT2D eigenvalue weighted by molar-refractivity contribution is 5.72. The molecule has 5 rings (SSSR count). The van der Waals surface area contributed by atoms with E-state index in [1.54, 1.807) is 19.5 Å². The van der Waals surface area contributed by atoms with E-state index in [2.05, 4.69) is 43.4 Å². The van der Waals surface area contributed by atoms with Crippen LogP contribution in [0.5, 0.6) is 5.75 Å². The number of nitrogens with one attached hydrogen (secondary N) is 3. The molecule has 3 N–H and O–H groups in total. The van der Waals surface area contributed by atoms with Crippen molar-refractivity contribution in [2.45, 2.75) is 25.3 Å². The van der Waals surface area contributed by atoms with Crippen molar-refractivity contribution in [2.24, 2.45) is 16.8 Å². The molecule has 0 amide bonds. The van der Waals surface area contributed by atoms with Gasteiger partial charge in [0, 0.05) is 26.1 Å². The highest BCUT2D eigenvalue weighted by Crippen LogP contribution is 2.36. The molecule has 1 saturated carbocycles. The second-order valence-electron chi connectivity index (χ2n) is 8.18. The van der Waals surface area contributed by atoms with E-state index in [9.17, 15) is 0 Å². The molecule has 0 saturated heterocycles. The Hall–Kier alpha value is -3.24. The van der Waals surface area contributed by atoms with Crippen LogP contribution >= 0.6 is 0 Å². The van der Waals surface area contributed by atoms with Crippen LogP contribution in [0.1, 0.15) is 19.3 Å². The number of aliphatic imine (C=N–C) groups is 1. The molecule has 2 unspecified atom stereocenters. The fourth-order valence-electron chi connectivity index (χ4n) is 4.43. The zero-order valence-corrected chi connectivity index (χ0v) is 18.1. The molecule has 2 aliphatic heterocycles. The third kappa shape index (κ3) is 4.51. The molecular formula is C22H28N8O2. The second-order valence-corrected chi connectivity index (χ2v) is 8.18. The van der Waals surface area contributed by atoms with E-state index in [0.29, 0.717) is 54.3 Å². The summed E-state index contributed by atoms with van der Waals surface area (Å²) in [5.74, 6) is 4.41. The smallest absolute Gasteiger partial charge is 0.191 e. The molecule has 3 aliphatic rings. The van der Waals surface area contributed by atoms with Crippen LogP contribution in [0.3, 0.4) is 0 Å². The van der Waals surface area contributed by atoms with Crippen LogP contribution in [0.4, 0.5) is 23.3 Å². The van der Waals surface area contributed by atoms with Gasteiger partial charge in [-0.2, -0.15) is 0 Å². The molecule has 10 heteroatoms. The van der Waals surface area contributed by atoms with Crippen LogP contribution < -0.4 is 26.0 Å². The van der Waals surface area contributed by atoms with E-state index in [4.69, 9.17) is 14.5 Å². The number of rotatable bonds is 8. The van der Waals surface area contributed by atoms with Gasteiger partial charge in [0.2, 0.25) is 0 Å². The zero-order chi connectivity index (χ0) is 21.8. The minimum atomic E-state index is 0.443. The molecule has 1 aliphatic carbocycles. The molecule has 0 spiro atoms. The number of hydrogen-bond donors (Lipinski definition) is 3. The number of hydrogen-bond acceptors (Lipinski definition) is 10. The van der Waals surface area contributed by atoms with Crippen molar-refractivity contribution < 1.29 is 9.47 Å². The summed E-state index contributed by atoms with van der Waals surface area (Å²) in [6.07, 6.45) is 13.1. The highest BCUT2D eigenvalue weighted by Gasteiger charge is 2.32. The van der Waals surface area contributed by atoms with Crippen LogP contribution in [-0.4, -0.2) is 54.1 Å². The van der Waals surface area contributed by atoms with Gasteiger partial charge in [-0.15, -0.1) is 5.53 Å². The summed E-state index contributed by atoms with van der Waals surface area (Å²) >= 11 is 0. The summed E-state index contributed by atoms with van der Waals surface area (Å²) in [7, 11) is 1.64. The molecule has 4 heterocycles. The molecule has 2 aromatic rings. The fraction of sp³-hybridized carbons (Fsp3) is 0.455. The van der Waals surface area contributed by atoms with E-state index >= 15 is 0 Å². The lowest BCUT2D eigenvalue weighted by Gasteiger charge is -2.35. The van der Waals surface area contributed by atoms with Crippen molar-refractivity contribution in [3.63, 3.8) is 0 Å². The van der Waals surface area contributed by atoms with Gasteiger partial charge in [-0.05, 0) is 49.3 Å². The Morgan fingerprint density at radius 3 is 3.16 bits per heavy atom. The predicted octanol–water partition coefficient (Wildman–Crippen LogP) is 2.72. The third-order valence-electron chi connectivity index (χ3n) is 6.01. The number of dihydropyridines is 1. The van der Waals surface area contributed by atoms with Gasteiger partial charge in [-0.3, -0.25) is 15.4 Å². The number of ether oxygens (including phenoxy) is 2. The summed E-state index contributed by atoms with van der Waals surface area (Å²) in [6, 6.07) is 4.14. The summed E-state index contributed by atoms with van der Waals surface area (Å²) in [6.45, 7) is 1.80. The Morgan fingerprint density at radius 2 is 2.22 bits per heavy atom. The van der Waals surface area contributed by atoms with E-state index in [0.717, 1.165) is 31.6 Å². The summed E-state index contributed by atoms with van der Waals surface area (Å²) in [4.78, 5) is 18.3. The van der Waals surface area contributed by atoms with Crippen molar-refractivity contribution in [3.05, 3.63) is 36.7 Å². The maximum absolute atomic E-state index is 5.76. The Balaban J connectivity index is 1.26. The van der Waals surface area contributed by atoms with E-state index < -0.39 is 0 Å². The van der Waals surface area contributed by atoms with Crippen molar-refractivity contribution in [3.8, 4) is 5.75 Å². The topological polar surface area (TPSA) is 109 Å². The number of pyridine rings is 1. The fourth-order valence-corrected chi connectivity index (χ4v) is 4.43. The molecule has 32 heavy (non-hydrogen) atoms. The molecule has 168 valence electrons. The molecule has 0 bridgehead atoms. The van der Waals surface area contributed by atoms with Crippen molar-refractivity contribution in [1.82, 2.24) is 20.5 Å². The summed E-state index contributed by atoms with van der Waals surface area (Å²) in [5.41, 5.74) is 6.32. The Morgan fingerprint density at radius 1 is 1.25 bits per heavy atom. The van der Waals surface area contributed by atoms with Gasteiger partial charge in [0.15, 0.2) is 29.0 Å². The number of methoxy groups -OCH3 is 1. The maximum Gasteiger partial charge on any atom is 0.191 e. The molecular weight excluding hydrogens is 408 g/mol. The van der Waals surface area contributed by atoms with Crippen LogP contribution in [0.15, 0.2) is 41.7 Å². The van der Waals surface area contributed by atoms with E-state index in [-0.39, 0.29) is 0 Å². The van der Waals surface area contributed by atoms with Gasteiger partial charge >= 0.3 is 0 Å². The zero-order valence-electron chi connectivity index (χ0n) is 18.1. The minimum Gasteiger partial charge on any atom is -0.487 e. The van der Waals surface area contributed by atoms with Gasteiger partial charge in [0.1, 0.15) is 6.61 Å². The average Bonchev–Trinajstić information content (AvgIpc) is 3.22. The number of anilines is 4. The Labute approximate surface area is 187 Å². The van der Waals surface area contributed by atoms with Crippen LogP contribution in [0.2, 0.25) is 0 Å². The molecule has 0 aromatic carbocycles. The largest absolute Gasteiger partial charge is 0.487 e. The van der Waals surface area contributed by atoms with Crippen LogP contribution in [0, 0.1) is 11.8 Å². The normalized spacial score (nSPS) is 23.4. The standard InChI is InChI=1S/C22H28N8O2/c1-31-10-11-32-18-5-3-9-24-20(18)26-19-13-25-21-22(27-19)30(29-28-21)14-15-6-7-17-16(12-15)4-2-8-23-17/h2-5,8-9,13,15-17,29H,6-7,10-12,14H2,1H3,(H,25,28)(H,24,26,27)/t15-,16?,17?/m1/s1. The number of fused-ring (bicyclic) bond motifs is 2. The van der Waals surface area contributed by atoms with Gasteiger partial charge in [0.05, 0.1) is 18.8 Å². The quantitative estimate of drug-likeness (QED) is 0.538. The van der Waals surface area contributed by atoms with Gasteiger partial charge in [-0.25, -0.2) is 15.0 Å². The minimum absolute atomic E-state index is 0.443. The molecule has 10 nitrogen and oxygen atoms in total. The lowest BCUT2D eigenvalue weighted by molar-refractivity contribution is 0.146. The lowest BCUT2D eigenvalue weighted by atomic mass is 9.77. The number of hydrazine groups is 2. The third-order valence-corrected chi connectivity index (χ3v) is 6.01. The first-order valence-electron chi connectivity index (χ1n) is 11.0. The van der Waals surface area contributed by atoms with Crippen LogP contribution in [-0.2, 0) is 4.74 Å². The Bertz CT molecular complexity index is 998. The number of aromatic nitrogens is 3. The van der Waals surface area contributed by atoms with Crippen molar-refractivity contribution >= 4 is 29.5 Å². The lowest BCUT2D eigenvalue weighted by Crippen LogP contribution is -2.42. The molecule has 2 aromatic heterocycles. The summed E-state index contributed by atoms with van der Waals surface area (Å²) < 4.78 is 10.8. The van der Waals surface area contributed by atoms with Gasteiger partial charge < -0.3 is 14.8 Å². The van der Waals surface area contributed by atoms with Crippen LogP contribution in [0.25, 0.3) is 0 Å². The monoisotopic (exact) mass is 436 g/mol. The van der Waals surface area contributed by atoms with Crippen molar-refractivity contribution in [2.75, 3.05) is 42.6 Å². The van der Waals surface area contributed by atoms with Gasteiger partial charge in [0.25, 0.3) is 0 Å². The predicted molar refractivity (Wildman–Crippen MR) is 123 cm³/mol. The average molecular weight is 437 g/mol. The SMILES string of the molecule is COCCOc1cccnc1Nc1cnc2c(n1)N(C[C@@H]1CCC3N=CC=CC3C1)NN2. The Kier molecular flexibility index (Phi) is 6.13. The van der Waals surface area contributed by atoms with Crippen molar-refractivity contribution in [1.29, 1.82) is 0 Å². The molecule has 0 radical (unpaired) electrons. The van der Waals surface area contributed by atoms with E-state index in [1.807, 2.05) is 23.4 Å². The molecule has 1 fully saturated rings. The highest BCUT2D eigenvalue weighted by atomic mass is 16.5. The van der Waals surface area contributed by atoms with Gasteiger partial charge in [-0.1, -0.05) is 6.08 Å². The number of nitrogens with zero attached hydrogens (tertiary/aromatic N) is 5. The first-order chi connectivity index (χ1) is 15.8. The number of allylic oxidation sites excluding steroid dienone is 1. The molecule has 3 atom stereocenters. The second kappa shape index (κ2) is 9.49. The van der Waals surface area contributed by atoms with E-state index in [1.165, 1.54) is 0 Å². The summed E-state index contributed by atoms with van der Waals surface area (Å²) in [5, 5.41) is 5.28. The first kappa shape index (κ1) is 20.7. The first-order valence-corrected chi connectivity index (χ1v) is 11.0.